The zero-order valence-electron chi connectivity index (χ0n) is 14.5. The van der Waals surface area contributed by atoms with Crippen molar-refractivity contribution in [2.75, 3.05) is 26.7 Å². The number of hydrazine groups is 1. The van der Waals surface area contributed by atoms with Crippen molar-refractivity contribution in [3.05, 3.63) is 0 Å². The van der Waals surface area contributed by atoms with Crippen LogP contribution in [0.3, 0.4) is 0 Å². The number of carbonyl (C=O) groups excluding carboxylic acids is 1. The summed E-state index contributed by atoms with van der Waals surface area (Å²) >= 11 is 0. The lowest BCUT2D eigenvalue weighted by molar-refractivity contribution is -0.132. The Labute approximate surface area is 130 Å². The van der Waals surface area contributed by atoms with Gasteiger partial charge >= 0.3 is 0 Å². The van der Waals surface area contributed by atoms with E-state index in [1.54, 1.807) is 0 Å². The van der Waals surface area contributed by atoms with Crippen LogP contribution >= 0.6 is 0 Å². The molecule has 0 aromatic heterocycles. The number of rotatable bonds is 4. The topological polar surface area (TPSA) is 35.6 Å². The van der Waals surface area contributed by atoms with Gasteiger partial charge in [-0.1, -0.05) is 11.8 Å². The Hall–Kier alpha value is -1.05. The van der Waals surface area contributed by atoms with Gasteiger partial charge in [0.2, 0.25) is 5.91 Å². The van der Waals surface area contributed by atoms with Crippen LogP contribution in [0.1, 0.15) is 47.5 Å². The summed E-state index contributed by atoms with van der Waals surface area (Å²) in [5.41, 5.74) is 3.19. The Balaban J connectivity index is 2.48. The van der Waals surface area contributed by atoms with E-state index in [4.69, 9.17) is 0 Å². The van der Waals surface area contributed by atoms with Crippen LogP contribution < -0.4 is 5.43 Å². The van der Waals surface area contributed by atoms with Crippen LogP contribution in [-0.4, -0.2) is 48.5 Å². The van der Waals surface area contributed by atoms with Crippen LogP contribution in [0.4, 0.5) is 0 Å². The molecule has 1 amide bonds. The van der Waals surface area contributed by atoms with Gasteiger partial charge < -0.3 is 4.90 Å². The van der Waals surface area contributed by atoms with Gasteiger partial charge in [-0.05, 0) is 47.5 Å². The SMILES string of the molecule is CC(C)N(C)NCC(=O)N1CCCC(C#CC(C)(C)C)C1. The van der Waals surface area contributed by atoms with E-state index in [0.717, 1.165) is 25.9 Å². The highest BCUT2D eigenvalue weighted by Crippen LogP contribution is 2.17. The number of hydrogen-bond acceptors (Lipinski definition) is 3. The van der Waals surface area contributed by atoms with E-state index in [1.807, 2.05) is 17.0 Å². The minimum absolute atomic E-state index is 0.0355. The molecule has 1 heterocycles. The summed E-state index contributed by atoms with van der Waals surface area (Å²) in [6.45, 7) is 12.6. The van der Waals surface area contributed by atoms with Gasteiger partial charge in [-0.2, -0.15) is 0 Å². The second-order valence-electron chi connectivity index (χ2n) is 7.24. The summed E-state index contributed by atoms with van der Waals surface area (Å²) in [4.78, 5) is 14.2. The molecule has 0 radical (unpaired) electrons. The number of carbonyl (C=O) groups is 1. The van der Waals surface area contributed by atoms with E-state index in [9.17, 15) is 4.79 Å². The third-order valence-corrected chi connectivity index (χ3v) is 3.68. The van der Waals surface area contributed by atoms with Crippen molar-refractivity contribution in [2.45, 2.75) is 53.5 Å². The quantitative estimate of drug-likeness (QED) is 0.637. The number of piperidine rings is 1. The van der Waals surface area contributed by atoms with E-state index in [0.29, 0.717) is 18.5 Å². The zero-order chi connectivity index (χ0) is 16.0. The van der Waals surface area contributed by atoms with E-state index < -0.39 is 0 Å². The van der Waals surface area contributed by atoms with E-state index in [1.165, 1.54) is 0 Å². The molecule has 0 spiro atoms. The molecular weight excluding hydrogens is 262 g/mol. The Bertz CT molecular complexity index is 400. The standard InChI is InChI=1S/C17H31N3O/c1-14(2)19(6)18-12-16(21)20-11-7-8-15(13-20)9-10-17(3,4)5/h14-15,18H,7-8,11-13H2,1-6H3. The minimum Gasteiger partial charge on any atom is -0.340 e. The number of nitrogens with zero attached hydrogens (tertiary/aromatic N) is 2. The molecule has 120 valence electrons. The molecule has 21 heavy (non-hydrogen) atoms. The maximum absolute atomic E-state index is 12.3. The van der Waals surface area contributed by atoms with Crippen LogP contribution in [0.5, 0.6) is 0 Å². The molecule has 0 saturated carbocycles. The van der Waals surface area contributed by atoms with Crippen LogP contribution in [0, 0.1) is 23.2 Å². The second-order valence-corrected chi connectivity index (χ2v) is 7.24. The summed E-state index contributed by atoms with van der Waals surface area (Å²) < 4.78 is 0. The first-order valence-electron chi connectivity index (χ1n) is 7.96. The maximum atomic E-state index is 12.3. The van der Waals surface area contributed by atoms with E-state index in [2.05, 4.69) is 51.9 Å². The molecule has 1 N–H and O–H groups in total. The first kappa shape index (κ1) is 18.0. The first-order chi connectivity index (χ1) is 9.69. The number of amides is 1. The molecular formula is C17H31N3O. The average Bonchev–Trinajstić information content (AvgIpc) is 2.41. The molecule has 4 heteroatoms. The van der Waals surface area contributed by atoms with Crippen molar-refractivity contribution >= 4 is 5.91 Å². The van der Waals surface area contributed by atoms with E-state index >= 15 is 0 Å². The minimum atomic E-state index is 0.0355. The van der Waals surface area contributed by atoms with Gasteiger partial charge in [-0.15, -0.1) is 0 Å². The fourth-order valence-corrected chi connectivity index (χ4v) is 2.13. The number of nitrogens with one attached hydrogen (secondary N) is 1. The molecule has 1 fully saturated rings. The Kier molecular flexibility index (Phi) is 6.70. The van der Waals surface area contributed by atoms with Gasteiger partial charge in [-0.3, -0.25) is 4.79 Å². The van der Waals surface area contributed by atoms with Gasteiger partial charge in [0.1, 0.15) is 0 Å². The highest BCUT2D eigenvalue weighted by Gasteiger charge is 2.22. The van der Waals surface area contributed by atoms with Crippen LogP contribution in [0.15, 0.2) is 0 Å². The predicted octanol–water partition coefficient (Wildman–Crippen LogP) is 2.12. The zero-order valence-corrected chi connectivity index (χ0v) is 14.5. The van der Waals surface area contributed by atoms with Gasteiger partial charge in [-0.25, -0.2) is 10.4 Å². The van der Waals surface area contributed by atoms with Crippen molar-refractivity contribution in [1.29, 1.82) is 0 Å². The molecule has 1 rings (SSSR count). The fraction of sp³-hybridized carbons (Fsp3) is 0.824. The fourth-order valence-electron chi connectivity index (χ4n) is 2.13. The molecule has 1 atom stereocenters. The van der Waals surface area contributed by atoms with E-state index in [-0.39, 0.29) is 11.3 Å². The molecule has 0 bridgehead atoms. The largest absolute Gasteiger partial charge is 0.340 e. The monoisotopic (exact) mass is 293 g/mol. The Morgan fingerprint density at radius 2 is 2.10 bits per heavy atom. The lowest BCUT2D eigenvalue weighted by atomic mass is 9.93. The highest BCUT2D eigenvalue weighted by molar-refractivity contribution is 5.78. The van der Waals surface area contributed by atoms with Crippen LogP contribution in [0.2, 0.25) is 0 Å². The number of hydrogen-bond donors (Lipinski definition) is 1. The number of likely N-dealkylation sites (tertiary alicyclic amines) is 1. The maximum Gasteiger partial charge on any atom is 0.237 e. The lowest BCUT2D eigenvalue weighted by Gasteiger charge is -2.31. The van der Waals surface area contributed by atoms with Crippen LogP contribution in [-0.2, 0) is 4.79 Å². The van der Waals surface area contributed by atoms with Crippen molar-refractivity contribution < 1.29 is 4.79 Å². The molecule has 0 aliphatic carbocycles. The molecule has 1 saturated heterocycles. The second kappa shape index (κ2) is 7.82. The summed E-state index contributed by atoms with van der Waals surface area (Å²) in [7, 11) is 1.96. The summed E-state index contributed by atoms with van der Waals surface area (Å²) in [5.74, 6) is 7.15. The Morgan fingerprint density at radius 1 is 1.43 bits per heavy atom. The average molecular weight is 293 g/mol. The highest BCUT2D eigenvalue weighted by atomic mass is 16.2. The smallest absolute Gasteiger partial charge is 0.237 e. The summed E-state index contributed by atoms with van der Waals surface area (Å²) in [5, 5.41) is 1.97. The van der Waals surface area contributed by atoms with Crippen molar-refractivity contribution in [1.82, 2.24) is 15.3 Å². The summed E-state index contributed by atoms with van der Waals surface area (Å²) in [6, 6.07) is 0.379. The van der Waals surface area contributed by atoms with Gasteiger partial charge in [0.15, 0.2) is 0 Å². The molecule has 0 aromatic carbocycles. The van der Waals surface area contributed by atoms with Gasteiger partial charge in [0.05, 0.1) is 6.54 Å². The summed E-state index contributed by atoms with van der Waals surface area (Å²) in [6.07, 6.45) is 2.15. The molecule has 1 unspecified atom stereocenters. The van der Waals surface area contributed by atoms with Crippen LogP contribution in [0.25, 0.3) is 0 Å². The molecule has 1 aliphatic rings. The third-order valence-electron chi connectivity index (χ3n) is 3.68. The lowest BCUT2D eigenvalue weighted by Crippen LogP contribution is -2.48. The molecule has 0 aromatic rings. The predicted molar refractivity (Wildman–Crippen MR) is 87.4 cm³/mol. The van der Waals surface area contributed by atoms with Gasteiger partial charge in [0, 0.05) is 37.5 Å². The molecule has 1 aliphatic heterocycles. The van der Waals surface area contributed by atoms with Gasteiger partial charge in [0.25, 0.3) is 0 Å². The van der Waals surface area contributed by atoms with Crippen molar-refractivity contribution in [3.63, 3.8) is 0 Å². The third kappa shape index (κ3) is 6.97. The van der Waals surface area contributed by atoms with Crippen molar-refractivity contribution in [3.8, 4) is 11.8 Å². The van der Waals surface area contributed by atoms with Crippen molar-refractivity contribution in [2.24, 2.45) is 11.3 Å². The first-order valence-corrected chi connectivity index (χ1v) is 7.96. The Morgan fingerprint density at radius 3 is 2.67 bits per heavy atom. The molecule has 4 nitrogen and oxygen atoms in total. The normalized spacial score (nSPS) is 19.6.